The minimum Gasteiger partial charge on any atom is -0.490 e. The molecule has 0 aromatic heterocycles. The molecule has 3 aromatic rings. The van der Waals surface area contributed by atoms with Crippen LogP contribution in [0.3, 0.4) is 0 Å². The molecule has 0 radical (unpaired) electrons. The predicted octanol–water partition coefficient (Wildman–Crippen LogP) is 5.53. The molecule has 7 heteroatoms. The number of nitrogens with zero attached hydrogens (tertiary/aromatic N) is 1. The third-order valence-electron chi connectivity index (χ3n) is 7.15. The Hall–Kier alpha value is -4.00. The van der Waals surface area contributed by atoms with Crippen LogP contribution in [0.15, 0.2) is 66.7 Å². The first-order valence-corrected chi connectivity index (χ1v) is 12.9. The Morgan fingerprint density at radius 3 is 2.68 bits per heavy atom. The Labute approximate surface area is 217 Å². The van der Waals surface area contributed by atoms with E-state index in [1.807, 2.05) is 38.1 Å². The van der Waals surface area contributed by atoms with Crippen molar-refractivity contribution < 1.29 is 19.1 Å². The fourth-order valence-electron chi connectivity index (χ4n) is 5.20. The lowest BCUT2D eigenvalue weighted by molar-refractivity contribution is 0.0149. The van der Waals surface area contributed by atoms with Crippen molar-refractivity contribution >= 4 is 17.6 Å². The van der Waals surface area contributed by atoms with Gasteiger partial charge < -0.3 is 20.1 Å². The number of benzene rings is 3. The number of amides is 3. The third kappa shape index (κ3) is 4.73. The quantitative estimate of drug-likeness (QED) is 0.427. The number of hydrogen-bond donors (Lipinski definition) is 2. The average molecular weight is 500 g/mol. The highest BCUT2D eigenvalue weighted by molar-refractivity contribution is 5.99. The number of nitrogens with one attached hydrogen (secondary N) is 2. The van der Waals surface area contributed by atoms with E-state index in [0.29, 0.717) is 48.7 Å². The zero-order valence-corrected chi connectivity index (χ0v) is 21.5. The average Bonchev–Trinajstić information content (AvgIpc) is 2.90. The second-order valence-corrected chi connectivity index (χ2v) is 9.59. The molecule has 0 aliphatic carbocycles. The van der Waals surface area contributed by atoms with Gasteiger partial charge in [0, 0.05) is 30.5 Å². The van der Waals surface area contributed by atoms with E-state index in [4.69, 9.17) is 9.47 Å². The lowest BCUT2D eigenvalue weighted by atomic mass is 9.87. The summed E-state index contributed by atoms with van der Waals surface area (Å²) in [5.41, 5.74) is 3.51. The van der Waals surface area contributed by atoms with E-state index in [1.54, 1.807) is 23.1 Å². The topological polar surface area (TPSA) is 79.9 Å². The second-order valence-electron chi connectivity index (χ2n) is 9.59. The molecule has 37 heavy (non-hydrogen) atoms. The molecule has 1 unspecified atom stereocenters. The molecular weight excluding hydrogens is 466 g/mol. The number of anilines is 1. The summed E-state index contributed by atoms with van der Waals surface area (Å²) in [5, 5.41) is 6.14. The van der Waals surface area contributed by atoms with E-state index >= 15 is 0 Å². The van der Waals surface area contributed by atoms with E-state index < -0.39 is 5.72 Å². The van der Waals surface area contributed by atoms with Gasteiger partial charge in [0.05, 0.1) is 18.3 Å². The van der Waals surface area contributed by atoms with Gasteiger partial charge in [-0.2, -0.15) is 0 Å². The van der Waals surface area contributed by atoms with Crippen molar-refractivity contribution in [1.29, 1.82) is 0 Å². The van der Waals surface area contributed by atoms with Gasteiger partial charge in [-0.3, -0.25) is 9.69 Å². The Bertz CT molecular complexity index is 1310. The van der Waals surface area contributed by atoms with Crippen molar-refractivity contribution in [2.75, 3.05) is 18.1 Å². The van der Waals surface area contributed by atoms with E-state index in [-0.39, 0.29) is 18.0 Å². The molecule has 2 N–H and O–H groups in total. The van der Waals surface area contributed by atoms with E-state index in [0.717, 1.165) is 12.0 Å². The zero-order chi connectivity index (χ0) is 26.0. The molecule has 3 amide bonds. The Morgan fingerprint density at radius 2 is 1.92 bits per heavy atom. The molecule has 5 rings (SSSR count). The van der Waals surface area contributed by atoms with Crippen molar-refractivity contribution in [3.05, 3.63) is 89.0 Å². The van der Waals surface area contributed by atoms with Gasteiger partial charge in [0.1, 0.15) is 0 Å². The maximum Gasteiger partial charge on any atom is 0.325 e. The number of hydrogen-bond acceptors (Lipinski definition) is 4. The molecule has 1 saturated heterocycles. The highest BCUT2D eigenvalue weighted by Gasteiger charge is 2.52. The number of urea groups is 1. The largest absolute Gasteiger partial charge is 0.490 e. The highest BCUT2D eigenvalue weighted by Crippen LogP contribution is 2.50. The number of para-hydroxylation sites is 1. The molecule has 2 bridgehead atoms. The molecule has 2 aliphatic rings. The van der Waals surface area contributed by atoms with Crippen LogP contribution in [0.5, 0.6) is 11.5 Å². The van der Waals surface area contributed by atoms with Crippen molar-refractivity contribution in [3.63, 3.8) is 0 Å². The zero-order valence-electron chi connectivity index (χ0n) is 21.5. The van der Waals surface area contributed by atoms with Crippen LogP contribution in [0.1, 0.15) is 59.8 Å². The molecule has 2 atom stereocenters. The van der Waals surface area contributed by atoms with Gasteiger partial charge in [0.15, 0.2) is 17.2 Å². The fraction of sp³-hybridized carbons (Fsp3) is 0.333. The molecule has 7 nitrogen and oxygen atoms in total. The van der Waals surface area contributed by atoms with E-state index in [1.165, 1.54) is 11.1 Å². The molecule has 0 spiro atoms. The van der Waals surface area contributed by atoms with Crippen LogP contribution >= 0.6 is 0 Å². The molecule has 2 aliphatic heterocycles. The summed E-state index contributed by atoms with van der Waals surface area (Å²) in [6.07, 6.45) is 1.91. The van der Waals surface area contributed by atoms with Crippen molar-refractivity contribution in [1.82, 2.24) is 10.6 Å². The first-order valence-electron chi connectivity index (χ1n) is 12.9. The number of rotatable bonds is 8. The Kier molecular flexibility index (Phi) is 6.78. The van der Waals surface area contributed by atoms with E-state index in [2.05, 4.69) is 41.8 Å². The number of carbonyl (C=O) groups excluding carboxylic acids is 2. The van der Waals surface area contributed by atoms with Crippen LogP contribution in [0, 0.1) is 6.92 Å². The fourth-order valence-corrected chi connectivity index (χ4v) is 5.20. The van der Waals surface area contributed by atoms with Crippen molar-refractivity contribution in [2.45, 2.75) is 51.8 Å². The van der Waals surface area contributed by atoms with Crippen molar-refractivity contribution in [2.24, 2.45) is 0 Å². The van der Waals surface area contributed by atoms with Gasteiger partial charge in [-0.05, 0) is 50.1 Å². The Balaban J connectivity index is 1.38. The van der Waals surface area contributed by atoms with E-state index in [9.17, 15) is 9.59 Å². The minimum atomic E-state index is -0.895. The first kappa shape index (κ1) is 24.7. The van der Waals surface area contributed by atoms with Gasteiger partial charge in [-0.15, -0.1) is 0 Å². The SMILES string of the molecule is CCOc1cccc2c1O[C@]1(CC)CC2NC(=O)N1c1cccc(C(=O)NCCc2ccc(C)cc2)c1. The third-order valence-corrected chi connectivity index (χ3v) is 7.15. The number of fused-ring (bicyclic) bond motifs is 4. The van der Waals surface area contributed by atoms with Gasteiger partial charge in [-0.1, -0.05) is 55.0 Å². The molecule has 1 fully saturated rings. The van der Waals surface area contributed by atoms with Gasteiger partial charge in [-0.25, -0.2) is 4.79 Å². The standard InChI is InChI=1S/C30H33N3O4/c1-4-30-19-25(24-10-7-11-26(36-5-2)27(24)37-30)32-29(35)33(30)23-9-6-8-22(18-23)28(34)31-17-16-21-14-12-20(3)13-15-21/h6-15,18,25H,4-5,16-17,19H2,1-3H3,(H,31,34)(H,32,35)/t25?,30-/m1/s1. The maximum atomic E-state index is 13.4. The summed E-state index contributed by atoms with van der Waals surface area (Å²) in [6, 6.07) is 20.8. The Morgan fingerprint density at radius 1 is 1.14 bits per heavy atom. The summed E-state index contributed by atoms with van der Waals surface area (Å²) >= 11 is 0. The second kappa shape index (κ2) is 10.2. The minimum absolute atomic E-state index is 0.177. The number of aryl methyl sites for hydroxylation is 1. The van der Waals surface area contributed by atoms with Crippen LogP contribution < -0.4 is 25.0 Å². The monoisotopic (exact) mass is 499 g/mol. The molecule has 2 heterocycles. The van der Waals surface area contributed by atoms with Crippen LogP contribution in [-0.2, 0) is 6.42 Å². The van der Waals surface area contributed by atoms with Gasteiger partial charge in [0.25, 0.3) is 5.91 Å². The van der Waals surface area contributed by atoms with Crippen LogP contribution in [-0.4, -0.2) is 30.8 Å². The van der Waals surface area contributed by atoms with Crippen LogP contribution in [0.4, 0.5) is 10.5 Å². The normalized spacial score (nSPS) is 19.9. The smallest absolute Gasteiger partial charge is 0.325 e. The summed E-state index contributed by atoms with van der Waals surface area (Å²) < 4.78 is 12.5. The molecular formula is C30H33N3O4. The summed E-state index contributed by atoms with van der Waals surface area (Å²) in [5.74, 6) is 1.15. The number of carbonyl (C=O) groups is 2. The lowest BCUT2D eigenvalue weighted by Crippen LogP contribution is -2.66. The molecule has 0 saturated carbocycles. The maximum absolute atomic E-state index is 13.4. The van der Waals surface area contributed by atoms with Gasteiger partial charge >= 0.3 is 6.03 Å². The van der Waals surface area contributed by atoms with Crippen molar-refractivity contribution in [3.8, 4) is 11.5 Å². The van der Waals surface area contributed by atoms with Crippen LogP contribution in [0.25, 0.3) is 0 Å². The summed E-state index contributed by atoms with van der Waals surface area (Å²) in [7, 11) is 0. The molecule has 192 valence electrons. The highest BCUT2D eigenvalue weighted by atomic mass is 16.5. The lowest BCUT2D eigenvalue weighted by Gasteiger charge is -2.52. The van der Waals surface area contributed by atoms with Gasteiger partial charge in [0.2, 0.25) is 0 Å². The summed E-state index contributed by atoms with van der Waals surface area (Å²) in [4.78, 5) is 28.1. The number of ether oxygens (including phenoxy) is 2. The van der Waals surface area contributed by atoms with Crippen LogP contribution in [0.2, 0.25) is 0 Å². The predicted molar refractivity (Wildman–Crippen MR) is 143 cm³/mol. The molecule has 3 aromatic carbocycles. The first-order chi connectivity index (χ1) is 17.9. The summed E-state index contributed by atoms with van der Waals surface area (Å²) in [6.45, 7) is 7.04.